The van der Waals surface area contributed by atoms with Crippen molar-refractivity contribution < 1.29 is 45.8 Å². The molecule has 0 aliphatic rings. The van der Waals surface area contributed by atoms with Gasteiger partial charge in [0.05, 0.1) is 78.9 Å². The molecule has 1 amide bonds. The van der Waals surface area contributed by atoms with E-state index in [1.54, 1.807) is 4.90 Å². The topological polar surface area (TPSA) is 119 Å². The van der Waals surface area contributed by atoms with Crippen LogP contribution in [0, 0.1) is 0 Å². The Morgan fingerprint density at radius 2 is 1.09 bits per heavy atom. The molecule has 0 saturated heterocycles. The van der Waals surface area contributed by atoms with Crippen molar-refractivity contribution in [2.24, 2.45) is 0 Å². The smallest absolute Gasteiger partial charge is 0.410 e. The summed E-state index contributed by atoms with van der Waals surface area (Å²) in [6, 6.07) is 0. The average Bonchev–Trinajstić information content (AvgIpc) is 2.67. The highest BCUT2D eigenvalue weighted by Crippen LogP contribution is 2.09. The Labute approximate surface area is 192 Å². The van der Waals surface area contributed by atoms with E-state index in [-0.39, 0.29) is 19.3 Å². The van der Waals surface area contributed by atoms with Gasteiger partial charge in [-0.05, 0) is 27.7 Å². The van der Waals surface area contributed by atoms with Gasteiger partial charge in [-0.3, -0.25) is 4.18 Å². The summed E-state index contributed by atoms with van der Waals surface area (Å²) in [5.41, 5.74) is -0.513. The number of carbonyl (C=O) groups is 1. The third kappa shape index (κ3) is 22.2. The lowest BCUT2D eigenvalue weighted by Gasteiger charge is -2.26. The van der Waals surface area contributed by atoms with Crippen LogP contribution in [0.2, 0.25) is 0 Å². The molecule has 192 valence electrons. The van der Waals surface area contributed by atoms with E-state index in [1.165, 1.54) is 0 Å². The molecule has 0 aromatic carbocycles. The molecular formula is C20H41NO10S. The molecule has 0 aliphatic carbocycles. The highest BCUT2D eigenvalue weighted by atomic mass is 32.2. The monoisotopic (exact) mass is 487 g/mol. The molecule has 0 aromatic rings. The predicted molar refractivity (Wildman–Crippen MR) is 118 cm³/mol. The van der Waals surface area contributed by atoms with Crippen LogP contribution >= 0.6 is 0 Å². The zero-order valence-corrected chi connectivity index (χ0v) is 20.9. The molecule has 0 heterocycles. The average molecular weight is 488 g/mol. The SMILES string of the molecule is CCN(CCOCCOCCOCCOCCOCCOS(C)(=O)=O)C(=O)OC(C)(C)C. The number of hydrogen-bond acceptors (Lipinski definition) is 10. The van der Waals surface area contributed by atoms with Crippen molar-refractivity contribution in [3.63, 3.8) is 0 Å². The number of ether oxygens (including phenoxy) is 6. The molecule has 0 aromatic heterocycles. The third-order valence-corrected chi connectivity index (χ3v) is 4.15. The fourth-order valence-electron chi connectivity index (χ4n) is 2.11. The minimum Gasteiger partial charge on any atom is -0.444 e. The normalized spacial score (nSPS) is 12.2. The Hall–Kier alpha value is -1.02. The van der Waals surface area contributed by atoms with Gasteiger partial charge in [0.2, 0.25) is 0 Å². The van der Waals surface area contributed by atoms with Crippen molar-refractivity contribution in [1.82, 2.24) is 4.90 Å². The van der Waals surface area contributed by atoms with Gasteiger partial charge >= 0.3 is 6.09 Å². The summed E-state index contributed by atoms with van der Waals surface area (Å²) in [6.45, 7) is 12.4. The first-order chi connectivity index (χ1) is 15.0. The van der Waals surface area contributed by atoms with Crippen LogP contribution in [0.3, 0.4) is 0 Å². The molecular weight excluding hydrogens is 446 g/mol. The predicted octanol–water partition coefficient (Wildman–Crippen LogP) is 1.30. The molecule has 0 saturated carbocycles. The number of rotatable bonds is 20. The summed E-state index contributed by atoms with van der Waals surface area (Å²) in [5, 5.41) is 0. The maximum atomic E-state index is 12.0. The number of nitrogens with zero attached hydrogens (tertiary/aromatic N) is 1. The van der Waals surface area contributed by atoms with E-state index < -0.39 is 15.7 Å². The summed E-state index contributed by atoms with van der Waals surface area (Å²) < 4.78 is 58.1. The van der Waals surface area contributed by atoms with Gasteiger partial charge < -0.3 is 33.3 Å². The zero-order chi connectivity index (χ0) is 24.3. The van der Waals surface area contributed by atoms with Crippen molar-refractivity contribution in [3.8, 4) is 0 Å². The molecule has 0 N–H and O–H groups in total. The summed E-state index contributed by atoms with van der Waals surface area (Å²) in [6.07, 6.45) is 0.652. The summed E-state index contributed by atoms with van der Waals surface area (Å²) in [7, 11) is -3.42. The number of amides is 1. The van der Waals surface area contributed by atoms with Crippen molar-refractivity contribution in [1.29, 1.82) is 0 Å². The van der Waals surface area contributed by atoms with E-state index in [4.69, 9.17) is 28.4 Å². The highest BCUT2D eigenvalue weighted by Gasteiger charge is 2.20. The lowest BCUT2D eigenvalue weighted by atomic mass is 10.2. The van der Waals surface area contributed by atoms with E-state index in [1.807, 2.05) is 27.7 Å². The number of carbonyl (C=O) groups excluding carboxylic acids is 1. The fraction of sp³-hybridized carbons (Fsp3) is 0.950. The van der Waals surface area contributed by atoms with Crippen LogP contribution in [0.1, 0.15) is 27.7 Å². The molecule has 0 radical (unpaired) electrons. The Bertz CT molecular complexity index is 565. The molecule has 0 atom stereocenters. The molecule has 0 rings (SSSR count). The van der Waals surface area contributed by atoms with E-state index in [9.17, 15) is 13.2 Å². The summed E-state index contributed by atoms with van der Waals surface area (Å²) >= 11 is 0. The van der Waals surface area contributed by atoms with E-state index in [0.29, 0.717) is 72.6 Å². The van der Waals surface area contributed by atoms with E-state index in [0.717, 1.165) is 6.26 Å². The van der Waals surface area contributed by atoms with Gasteiger partial charge in [0.25, 0.3) is 10.1 Å². The van der Waals surface area contributed by atoms with Gasteiger partial charge in [0.15, 0.2) is 0 Å². The first kappa shape index (κ1) is 31.0. The first-order valence-corrected chi connectivity index (χ1v) is 12.6. The van der Waals surface area contributed by atoms with Gasteiger partial charge in [-0.25, -0.2) is 4.79 Å². The van der Waals surface area contributed by atoms with Crippen LogP contribution in [-0.4, -0.2) is 117 Å². The lowest BCUT2D eigenvalue weighted by molar-refractivity contribution is -0.0148. The second-order valence-electron chi connectivity index (χ2n) is 7.65. The minimum atomic E-state index is -3.42. The second-order valence-corrected chi connectivity index (χ2v) is 9.29. The molecule has 32 heavy (non-hydrogen) atoms. The van der Waals surface area contributed by atoms with Gasteiger partial charge in [-0.2, -0.15) is 8.42 Å². The molecule has 0 aliphatic heterocycles. The summed E-state index contributed by atoms with van der Waals surface area (Å²) in [4.78, 5) is 13.6. The maximum absolute atomic E-state index is 12.0. The largest absolute Gasteiger partial charge is 0.444 e. The fourth-order valence-corrected chi connectivity index (χ4v) is 2.48. The lowest BCUT2D eigenvalue weighted by Crippen LogP contribution is -2.38. The molecule has 0 bridgehead atoms. The maximum Gasteiger partial charge on any atom is 0.410 e. The van der Waals surface area contributed by atoms with E-state index in [2.05, 4.69) is 4.18 Å². The van der Waals surface area contributed by atoms with Gasteiger partial charge in [0, 0.05) is 13.1 Å². The number of hydrogen-bond donors (Lipinski definition) is 0. The van der Waals surface area contributed by atoms with Crippen LogP contribution in [0.25, 0.3) is 0 Å². The standard InChI is InChI=1S/C20H41NO10S/c1-6-21(19(22)31-20(2,3)4)7-8-25-9-10-26-11-12-27-13-14-28-15-16-29-17-18-30-32(5,23)24/h6-18H2,1-5H3. The second kappa shape index (κ2) is 18.4. The van der Waals surface area contributed by atoms with Crippen LogP contribution in [0.5, 0.6) is 0 Å². The van der Waals surface area contributed by atoms with Crippen LogP contribution in [0.15, 0.2) is 0 Å². The Balaban J connectivity index is 3.36. The van der Waals surface area contributed by atoms with Crippen LogP contribution < -0.4 is 0 Å². The molecule has 0 unspecified atom stereocenters. The molecule has 11 nitrogen and oxygen atoms in total. The van der Waals surface area contributed by atoms with Gasteiger partial charge in [-0.1, -0.05) is 0 Å². The Morgan fingerprint density at radius 1 is 0.719 bits per heavy atom. The molecule has 0 spiro atoms. The van der Waals surface area contributed by atoms with Crippen molar-refractivity contribution in [3.05, 3.63) is 0 Å². The van der Waals surface area contributed by atoms with Crippen molar-refractivity contribution >= 4 is 16.2 Å². The van der Waals surface area contributed by atoms with Crippen molar-refractivity contribution in [2.75, 3.05) is 92.0 Å². The zero-order valence-electron chi connectivity index (χ0n) is 20.1. The van der Waals surface area contributed by atoms with Gasteiger partial charge in [0.1, 0.15) is 5.60 Å². The third-order valence-electron chi connectivity index (χ3n) is 3.55. The number of likely N-dealkylation sites (N-methyl/N-ethyl adjacent to an activating group) is 1. The Morgan fingerprint density at radius 3 is 1.44 bits per heavy atom. The van der Waals surface area contributed by atoms with Crippen molar-refractivity contribution in [2.45, 2.75) is 33.3 Å². The molecule has 12 heteroatoms. The van der Waals surface area contributed by atoms with Gasteiger partial charge in [-0.15, -0.1) is 0 Å². The molecule has 0 fully saturated rings. The van der Waals surface area contributed by atoms with Crippen LogP contribution in [0.4, 0.5) is 4.79 Å². The Kier molecular flexibility index (Phi) is 17.8. The first-order valence-electron chi connectivity index (χ1n) is 10.8. The minimum absolute atomic E-state index is 0.00372. The quantitative estimate of drug-likeness (QED) is 0.184. The highest BCUT2D eigenvalue weighted by molar-refractivity contribution is 7.85. The summed E-state index contributed by atoms with van der Waals surface area (Å²) in [5.74, 6) is 0. The van der Waals surface area contributed by atoms with Crippen LogP contribution in [-0.2, 0) is 42.7 Å². The van der Waals surface area contributed by atoms with E-state index >= 15 is 0 Å².